The first-order valence-electron chi connectivity index (χ1n) is 10.6. The zero-order chi connectivity index (χ0) is 19.8. The van der Waals surface area contributed by atoms with Gasteiger partial charge in [0.1, 0.15) is 5.82 Å². The molecule has 2 fully saturated rings. The standard InChI is InChI=1S/C19H35N7OS/c1-4-17-22-19(28-23-17)26-11-9-25(10-12-26)18(20-5-2)21-15-16-7-6-8-24(16)13-14-27-3/h16H,4-15H2,1-3H3,(H,20,21). The fourth-order valence-corrected chi connectivity index (χ4v) is 4.65. The number of rotatable bonds is 8. The van der Waals surface area contributed by atoms with Crippen LogP contribution >= 0.6 is 11.5 Å². The number of nitrogens with zero attached hydrogens (tertiary/aromatic N) is 6. The van der Waals surface area contributed by atoms with Crippen molar-refractivity contribution in [3.05, 3.63) is 5.82 Å². The molecule has 0 bridgehead atoms. The van der Waals surface area contributed by atoms with E-state index in [1.807, 2.05) is 0 Å². The molecule has 1 N–H and O–H groups in total. The van der Waals surface area contributed by atoms with E-state index < -0.39 is 0 Å². The molecule has 0 saturated carbocycles. The Hall–Kier alpha value is -1.45. The second-order valence-electron chi connectivity index (χ2n) is 7.34. The van der Waals surface area contributed by atoms with Crippen molar-refractivity contribution >= 4 is 22.6 Å². The summed E-state index contributed by atoms with van der Waals surface area (Å²) in [4.78, 5) is 16.9. The molecule has 0 amide bonds. The first-order valence-corrected chi connectivity index (χ1v) is 11.4. The van der Waals surface area contributed by atoms with E-state index in [1.165, 1.54) is 30.9 Å². The number of ether oxygens (including phenoxy) is 1. The molecular formula is C19H35N7OS. The lowest BCUT2D eigenvalue weighted by molar-refractivity contribution is 0.142. The van der Waals surface area contributed by atoms with Gasteiger partial charge in [0.05, 0.1) is 13.2 Å². The van der Waals surface area contributed by atoms with Crippen LogP contribution in [0.4, 0.5) is 5.13 Å². The lowest BCUT2D eigenvalue weighted by Crippen LogP contribution is -2.53. The van der Waals surface area contributed by atoms with Crippen LogP contribution in [0.15, 0.2) is 4.99 Å². The van der Waals surface area contributed by atoms with Crippen molar-refractivity contribution in [2.24, 2.45) is 4.99 Å². The summed E-state index contributed by atoms with van der Waals surface area (Å²) in [5, 5.41) is 4.54. The average molecular weight is 410 g/mol. The molecule has 8 nitrogen and oxygen atoms in total. The SMILES string of the molecule is CCNC(=NCC1CCCN1CCOC)N1CCN(c2nc(CC)ns2)CC1. The van der Waals surface area contributed by atoms with Gasteiger partial charge in [0, 0.05) is 70.4 Å². The molecule has 2 saturated heterocycles. The summed E-state index contributed by atoms with van der Waals surface area (Å²) >= 11 is 1.52. The predicted molar refractivity (Wildman–Crippen MR) is 116 cm³/mol. The van der Waals surface area contributed by atoms with Crippen molar-refractivity contribution in [1.82, 2.24) is 24.5 Å². The van der Waals surface area contributed by atoms with Gasteiger partial charge in [-0.1, -0.05) is 6.92 Å². The first kappa shape index (κ1) is 21.3. The Morgan fingerprint density at radius 1 is 1.25 bits per heavy atom. The van der Waals surface area contributed by atoms with Gasteiger partial charge in [-0.05, 0) is 26.3 Å². The van der Waals surface area contributed by atoms with Crippen LogP contribution in [0.3, 0.4) is 0 Å². The third-order valence-electron chi connectivity index (χ3n) is 5.49. The molecule has 0 radical (unpaired) electrons. The van der Waals surface area contributed by atoms with Crippen molar-refractivity contribution in [3.8, 4) is 0 Å². The molecule has 0 aromatic carbocycles. The van der Waals surface area contributed by atoms with Gasteiger partial charge >= 0.3 is 0 Å². The van der Waals surface area contributed by atoms with Crippen LogP contribution in [-0.4, -0.2) is 97.2 Å². The Kier molecular flexibility index (Phi) is 8.29. The third kappa shape index (κ3) is 5.55. The van der Waals surface area contributed by atoms with Crippen molar-refractivity contribution < 1.29 is 4.74 Å². The molecule has 1 atom stereocenters. The van der Waals surface area contributed by atoms with Crippen molar-refractivity contribution in [1.29, 1.82) is 0 Å². The topological polar surface area (TPSA) is 69.1 Å². The van der Waals surface area contributed by atoms with Gasteiger partial charge in [0.15, 0.2) is 5.96 Å². The third-order valence-corrected chi connectivity index (χ3v) is 6.31. The molecule has 2 aliphatic rings. The maximum absolute atomic E-state index is 5.26. The minimum atomic E-state index is 0.541. The van der Waals surface area contributed by atoms with E-state index in [-0.39, 0.29) is 0 Å². The van der Waals surface area contributed by atoms with Crippen LogP contribution in [0, 0.1) is 0 Å². The van der Waals surface area contributed by atoms with E-state index in [0.717, 1.165) is 75.8 Å². The Balaban J connectivity index is 1.54. The highest BCUT2D eigenvalue weighted by atomic mass is 32.1. The quantitative estimate of drug-likeness (QED) is 0.513. The number of nitrogens with one attached hydrogen (secondary N) is 1. The van der Waals surface area contributed by atoms with Crippen LogP contribution in [0.2, 0.25) is 0 Å². The van der Waals surface area contributed by atoms with E-state index in [2.05, 4.69) is 43.2 Å². The van der Waals surface area contributed by atoms with Gasteiger partial charge in [-0.25, -0.2) is 4.98 Å². The largest absolute Gasteiger partial charge is 0.383 e. The number of likely N-dealkylation sites (tertiary alicyclic amines) is 1. The van der Waals surface area contributed by atoms with Gasteiger partial charge in [0.2, 0.25) is 5.13 Å². The van der Waals surface area contributed by atoms with Crippen LogP contribution in [0.1, 0.15) is 32.5 Å². The van der Waals surface area contributed by atoms with Crippen LogP contribution < -0.4 is 10.2 Å². The van der Waals surface area contributed by atoms with E-state index in [0.29, 0.717) is 6.04 Å². The summed E-state index contributed by atoms with van der Waals surface area (Å²) in [5.41, 5.74) is 0. The van der Waals surface area contributed by atoms with Crippen LogP contribution in [-0.2, 0) is 11.2 Å². The molecular weight excluding hydrogens is 374 g/mol. The van der Waals surface area contributed by atoms with Crippen LogP contribution in [0.25, 0.3) is 0 Å². The summed E-state index contributed by atoms with van der Waals surface area (Å²) in [6.45, 7) is 12.8. The zero-order valence-corrected chi connectivity index (χ0v) is 18.4. The van der Waals surface area contributed by atoms with E-state index in [9.17, 15) is 0 Å². The fourth-order valence-electron chi connectivity index (χ4n) is 3.85. The minimum absolute atomic E-state index is 0.541. The van der Waals surface area contributed by atoms with Gasteiger partial charge in [-0.15, -0.1) is 0 Å². The van der Waals surface area contributed by atoms with Gasteiger partial charge in [-0.2, -0.15) is 4.37 Å². The summed E-state index contributed by atoms with van der Waals surface area (Å²) in [7, 11) is 1.77. The minimum Gasteiger partial charge on any atom is -0.383 e. The number of aryl methyl sites for hydroxylation is 1. The van der Waals surface area contributed by atoms with E-state index >= 15 is 0 Å². The van der Waals surface area contributed by atoms with Gasteiger partial charge < -0.3 is 19.9 Å². The Morgan fingerprint density at radius 3 is 2.75 bits per heavy atom. The number of aromatic nitrogens is 2. The highest BCUT2D eigenvalue weighted by Crippen LogP contribution is 2.20. The average Bonchev–Trinajstić information content (AvgIpc) is 3.39. The molecule has 158 valence electrons. The first-order chi connectivity index (χ1) is 13.7. The lowest BCUT2D eigenvalue weighted by Gasteiger charge is -2.36. The number of hydrogen-bond donors (Lipinski definition) is 1. The predicted octanol–water partition coefficient (Wildman–Crippen LogP) is 1.30. The fraction of sp³-hybridized carbons (Fsp3) is 0.842. The van der Waals surface area contributed by atoms with Gasteiger partial charge in [0.25, 0.3) is 0 Å². The maximum atomic E-state index is 5.26. The zero-order valence-electron chi connectivity index (χ0n) is 17.6. The van der Waals surface area contributed by atoms with E-state index in [4.69, 9.17) is 9.73 Å². The number of methoxy groups -OCH3 is 1. The highest BCUT2D eigenvalue weighted by molar-refractivity contribution is 7.09. The van der Waals surface area contributed by atoms with Gasteiger partial charge in [-0.3, -0.25) is 9.89 Å². The molecule has 1 unspecified atom stereocenters. The number of piperazine rings is 1. The Morgan fingerprint density at radius 2 is 2.07 bits per heavy atom. The lowest BCUT2D eigenvalue weighted by atomic mass is 10.2. The second kappa shape index (κ2) is 10.9. The summed E-state index contributed by atoms with van der Waals surface area (Å²) in [6, 6.07) is 0.541. The van der Waals surface area contributed by atoms with Crippen molar-refractivity contribution in [2.75, 3.05) is 71.0 Å². The normalized spacial score (nSPS) is 21.5. The number of hydrogen-bond acceptors (Lipinski definition) is 7. The summed E-state index contributed by atoms with van der Waals surface area (Å²) in [6.07, 6.45) is 3.40. The summed E-state index contributed by atoms with van der Waals surface area (Å²) in [5.74, 6) is 2.00. The maximum Gasteiger partial charge on any atom is 0.205 e. The smallest absolute Gasteiger partial charge is 0.205 e. The molecule has 2 aliphatic heterocycles. The van der Waals surface area contributed by atoms with Crippen molar-refractivity contribution in [3.63, 3.8) is 0 Å². The molecule has 3 rings (SSSR count). The number of anilines is 1. The van der Waals surface area contributed by atoms with Crippen molar-refractivity contribution in [2.45, 2.75) is 39.2 Å². The summed E-state index contributed by atoms with van der Waals surface area (Å²) < 4.78 is 9.68. The molecule has 1 aromatic rings. The molecule has 0 spiro atoms. The number of guanidine groups is 1. The molecule has 0 aliphatic carbocycles. The van der Waals surface area contributed by atoms with E-state index in [1.54, 1.807) is 7.11 Å². The molecule has 9 heteroatoms. The van der Waals surface area contributed by atoms with Crippen LogP contribution in [0.5, 0.6) is 0 Å². The number of aliphatic imine (C=N–C) groups is 1. The molecule has 28 heavy (non-hydrogen) atoms. The monoisotopic (exact) mass is 409 g/mol. The second-order valence-corrected chi connectivity index (χ2v) is 8.07. The molecule has 1 aromatic heterocycles. The Bertz CT molecular complexity index is 615. The highest BCUT2D eigenvalue weighted by Gasteiger charge is 2.25. The molecule has 3 heterocycles. The Labute approximate surface area is 173 Å².